The normalized spacial score (nSPS) is 15.4. The third-order valence-corrected chi connectivity index (χ3v) is 4.15. The van der Waals surface area contributed by atoms with Crippen LogP contribution < -0.4 is 10.6 Å². The van der Waals surface area contributed by atoms with Crippen LogP contribution in [-0.2, 0) is 6.42 Å². The van der Waals surface area contributed by atoms with E-state index in [1.54, 1.807) is 0 Å². The number of fused-ring (bicyclic) bond motifs is 1. The van der Waals surface area contributed by atoms with E-state index in [-0.39, 0.29) is 0 Å². The summed E-state index contributed by atoms with van der Waals surface area (Å²) in [4.78, 5) is 2.46. The van der Waals surface area contributed by atoms with E-state index in [1.165, 1.54) is 16.8 Å². The molecule has 0 amide bonds. The fourth-order valence-electron chi connectivity index (χ4n) is 3.02. The van der Waals surface area contributed by atoms with Gasteiger partial charge in [0, 0.05) is 24.8 Å². The third-order valence-electron chi connectivity index (χ3n) is 4.15. The molecule has 0 aliphatic carbocycles. The van der Waals surface area contributed by atoms with Gasteiger partial charge in [0.05, 0.1) is 0 Å². The van der Waals surface area contributed by atoms with Crippen LogP contribution in [-0.4, -0.2) is 19.1 Å². The van der Waals surface area contributed by atoms with Crippen LogP contribution in [0.1, 0.15) is 17.5 Å². The van der Waals surface area contributed by atoms with Gasteiger partial charge in [-0.2, -0.15) is 0 Å². The van der Waals surface area contributed by atoms with Crippen molar-refractivity contribution in [2.75, 3.05) is 18.0 Å². The molecule has 0 bridgehead atoms. The van der Waals surface area contributed by atoms with Crippen LogP contribution in [0.25, 0.3) is 6.08 Å². The zero-order valence-electron chi connectivity index (χ0n) is 12.3. The van der Waals surface area contributed by atoms with Gasteiger partial charge in [-0.15, -0.1) is 0 Å². The summed E-state index contributed by atoms with van der Waals surface area (Å²) in [5.74, 6) is 0. The first-order chi connectivity index (χ1) is 10.4. The van der Waals surface area contributed by atoms with E-state index in [4.69, 9.17) is 5.73 Å². The van der Waals surface area contributed by atoms with Crippen molar-refractivity contribution in [3.05, 3.63) is 71.8 Å². The molecule has 2 N–H and O–H groups in total. The van der Waals surface area contributed by atoms with Crippen molar-refractivity contribution >= 4 is 11.8 Å². The number of nitrogens with zero attached hydrogens (tertiary/aromatic N) is 1. The lowest BCUT2D eigenvalue weighted by atomic mass is 10.1. The molecule has 0 saturated carbocycles. The summed E-state index contributed by atoms with van der Waals surface area (Å²) in [5, 5.41) is 0. The van der Waals surface area contributed by atoms with Crippen LogP contribution >= 0.6 is 0 Å². The molecule has 0 fully saturated rings. The summed E-state index contributed by atoms with van der Waals surface area (Å²) in [6.07, 6.45) is 6.55. The Morgan fingerprint density at radius 1 is 1.05 bits per heavy atom. The Kier molecular flexibility index (Phi) is 4.37. The van der Waals surface area contributed by atoms with Crippen LogP contribution in [0.5, 0.6) is 0 Å². The maximum Gasteiger partial charge on any atom is 0.0447 e. The summed E-state index contributed by atoms with van der Waals surface area (Å²) < 4.78 is 0. The molecular weight excluding hydrogens is 256 g/mol. The SMILES string of the molecule is NCC(C/C=C\c1ccccc1)N1CCc2ccccc21. The van der Waals surface area contributed by atoms with E-state index in [0.29, 0.717) is 12.6 Å². The van der Waals surface area contributed by atoms with E-state index in [1.807, 2.05) is 6.07 Å². The number of benzene rings is 2. The highest BCUT2D eigenvalue weighted by Crippen LogP contribution is 2.29. The molecule has 2 aromatic carbocycles. The quantitative estimate of drug-likeness (QED) is 0.907. The van der Waals surface area contributed by atoms with Crippen molar-refractivity contribution in [3.63, 3.8) is 0 Å². The molecule has 2 aromatic rings. The van der Waals surface area contributed by atoms with Gasteiger partial charge < -0.3 is 10.6 Å². The summed E-state index contributed by atoms with van der Waals surface area (Å²) >= 11 is 0. The van der Waals surface area contributed by atoms with Gasteiger partial charge >= 0.3 is 0 Å². The van der Waals surface area contributed by atoms with E-state index in [2.05, 4.69) is 65.6 Å². The lowest BCUT2D eigenvalue weighted by molar-refractivity contribution is 0.621. The van der Waals surface area contributed by atoms with Crippen LogP contribution in [0.15, 0.2) is 60.7 Å². The second kappa shape index (κ2) is 6.59. The van der Waals surface area contributed by atoms with Crippen LogP contribution in [0, 0.1) is 0 Å². The fourth-order valence-corrected chi connectivity index (χ4v) is 3.02. The summed E-state index contributed by atoms with van der Waals surface area (Å²) in [5.41, 5.74) is 10.1. The number of rotatable bonds is 5. The largest absolute Gasteiger partial charge is 0.366 e. The van der Waals surface area contributed by atoms with E-state index >= 15 is 0 Å². The summed E-state index contributed by atoms with van der Waals surface area (Å²) in [6.45, 7) is 1.77. The van der Waals surface area contributed by atoms with Gasteiger partial charge in [0.1, 0.15) is 0 Å². The maximum absolute atomic E-state index is 6.01. The predicted octanol–water partition coefficient (Wildman–Crippen LogP) is 3.48. The van der Waals surface area contributed by atoms with Crippen molar-refractivity contribution in [1.82, 2.24) is 0 Å². The minimum atomic E-state index is 0.383. The summed E-state index contributed by atoms with van der Waals surface area (Å²) in [7, 11) is 0. The molecular formula is C19H22N2. The van der Waals surface area contributed by atoms with Crippen LogP contribution in [0.2, 0.25) is 0 Å². The van der Waals surface area contributed by atoms with Crippen LogP contribution in [0.3, 0.4) is 0 Å². The van der Waals surface area contributed by atoms with Crippen molar-refractivity contribution in [1.29, 1.82) is 0 Å². The van der Waals surface area contributed by atoms with Crippen LogP contribution in [0.4, 0.5) is 5.69 Å². The third kappa shape index (κ3) is 3.17. The molecule has 0 aromatic heterocycles. The lowest BCUT2D eigenvalue weighted by Gasteiger charge is -2.28. The lowest BCUT2D eigenvalue weighted by Crippen LogP contribution is -2.39. The Balaban J connectivity index is 1.68. The molecule has 1 heterocycles. The predicted molar refractivity (Wildman–Crippen MR) is 90.4 cm³/mol. The minimum Gasteiger partial charge on any atom is -0.366 e. The first kappa shape index (κ1) is 13.9. The number of para-hydroxylation sites is 1. The van der Waals surface area contributed by atoms with Gasteiger partial charge in [-0.3, -0.25) is 0 Å². The topological polar surface area (TPSA) is 29.3 Å². The second-order valence-electron chi connectivity index (χ2n) is 5.51. The fraction of sp³-hybridized carbons (Fsp3) is 0.263. The Hall–Kier alpha value is -2.06. The molecule has 2 heteroatoms. The zero-order chi connectivity index (χ0) is 14.5. The smallest absolute Gasteiger partial charge is 0.0447 e. The molecule has 2 nitrogen and oxygen atoms in total. The Morgan fingerprint density at radius 3 is 2.62 bits per heavy atom. The number of anilines is 1. The molecule has 1 aliphatic heterocycles. The average Bonchev–Trinajstić information content (AvgIpc) is 2.97. The van der Waals surface area contributed by atoms with Gasteiger partial charge in [0.15, 0.2) is 0 Å². The van der Waals surface area contributed by atoms with Crippen molar-refractivity contribution in [2.45, 2.75) is 18.9 Å². The molecule has 0 saturated heterocycles. The molecule has 1 unspecified atom stereocenters. The monoisotopic (exact) mass is 278 g/mol. The molecule has 0 spiro atoms. The molecule has 21 heavy (non-hydrogen) atoms. The Bertz CT molecular complexity index is 604. The molecule has 1 atom stereocenters. The van der Waals surface area contributed by atoms with Gasteiger partial charge in [0.25, 0.3) is 0 Å². The molecule has 0 radical (unpaired) electrons. The highest BCUT2D eigenvalue weighted by molar-refractivity contribution is 5.59. The summed E-state index contributed by atoms with van der Waals surface area (Å²) in [6, 6.07) is 19.5. The van der Waals surface area contributed by atoms with Crippen molar-refractivity contribution in [2.24, 2.45) is 5.73 Å². The van der Waals surface area contributed by atoms with Gasteiger partial charge in [-0.05, 0) is 30.0 Å². The number of nitrogens with two attached hydrogens (primary N) is 1. The second-order valence-corrected chi connectivity index (χ2v) is 5.51. The van der Waals surface area contributed by atoms with Gasteiger partial charge in [0.2, 0.25) is 0 Å². The van der Waals surface area contributed by atoms with Gasteiger partial charge in [-0.25, -0.2) is 0 Å². The number of hydrogen-bond donors (Lipinski definition) is 1. The van der Waals surface area contributed by atoms with E-state index < -0.39 is 0 Å². The average molecular weight is 278 g/mol. The number of hydrogen-bond acceptors (Lipinski definition) is 2. The zero-order valence-corrected chi connectivity index (χ0v) is 12.3. The standard InChI is InChI=1S/C19H22N2/c20-15-18(11-6-9-16-7-2-1-3-8-16)21-14-13-17-10-4-5-12-19(17)21/h1-10,12,18H,11,13-15,20H2/b9-6-. The molecule has 1 aliphatic rings. The first-order valence-corrected chi connectivity index (χ1v) is 7.64. The van der Waals surface area contributed by atoms with Crippen molar-refractivity contribution in [3.8, 4) is 0 Å². The Morgan fingerprint density at radius 2 is 1.81 bits per heavy atom. The van der Waals surface area contributed by atoms with Gasteiger partial charge in [-0.1, -0.05) is 60.7 Å². The minimum absolute atomic E-state index is 0.383. The van der Waals surface area contributed by atoms with E-state index in [9.17, 15) is 0 Å². The highest BCUT2D eigenvalue weighted by atomic mass is 15.2. The molecule has 108 valence electrons. The maximum atomic E-state index is 6.01. The first-order valence-electron chi connectivity index (χ1n) is 7.64. The molecule has 3 rings (SSSR count). The highest BCUT2D eigenvalue weighted by Gasteiger charge is 2.23. The van der Waals surface area contributed by atoms with Crippen molar-refractivity contribution < 1.29 is 0 Å². The van der Waals surface area contributed by atoms with E-state index in [0.717, 1.165) is 19.4 Å². The Labute approximate surface area is 126 Å².